The largest absolute Gasteiger partial charge is 0.496 e. The zero-order valence-electron chi connectivity index (χ0n) is 15.6. The molecule has 29 heavy (non-hydrogen) atoms. The molecule has 3 aromatic rings. The molecule has 0 atom stereocenters. The van der Waals surface area contributed by atoms with Crippen LogP contribution in [0.3, 0.4) is 0 Å². The summed E-state index contributed by atoms with van der Waals surface area (Å²) in [6.07, 6.45) is 1.65. The number of methoxy groups -OCH3 is 1. The van der Waals surface area contributed by atoms with Gasteiger partial charge in [-0.1, -0.05) is 28.9 Å². The summed E-state index contributed by atoms with van der Waals surface area (Å²) in [7, 11) is 1.57. The third-order valence-corrected chi connectivity index (χ3v) is 4.99. The Hall–Kier alpha value is -3.17. The van der Waals surface area contributed by atoms with Gasteiger partial charge in [-0.3, -0.25) is 10.1 Å². The van der Waals surface area contributed by atoms with Gasteiger partial charge < -0.3 is 14.9 Å². The Morgan fingerprint density at radius 3 is 2.83 bits per heavy atom. The lowest BCUT2D eigenvalue weighted by molar-refractivity contribution is -0.384. The number of aromatic nitrogens is 1. The van der Waals surface area contributed by atoms with Crippen LogP contribution in [0, 0.1) is 10.1 Å². The summed E-state index contributed by atoms with van der Waals surface area (Å²) < 4.78 is 5.75. The van der Waals surface area contributed by atoms with Crippen LogP contribution in [0.5, 0.6) is 11.5 Å². The number of halogens is 1. The molecule has 1 N–H and O–H groups in total. The van der Waals surface area contributed by atoms with Crippen LogP contribution in [0.4, 0.5) is 11.4 Å². The molecule has 2 aromatic carbocycles. The topological polar surface area (TPSA) is 98.9 Å². The smallest absolute Gasteiger partial charge is 0.275 e. The van der Waals surface area contributed by atoms with Crippen LogP contribution < -0.4 is 14.9 Å². The predicted octanol–water partition coefficient (Wildman–Crippen LogP) is 5.13. The number of nitro benzene ring substituents is 1. The van der Waals surface area contributed by atoms with E-state index in [0.29, 0.717) is 28.2 Å². The Labute approximate surface area is 175 Å². The van der Waals surface area contributed by atoms with Crippen molar-refractivity contribution >= 4 is 40.0 Å². The maximum atomic E-state index is 11.3. The van der Waals surface area contributed by atoms with Crippen molar-refractivity contribution in [3.05, 3.63) is 73.7 Å². The lowest BCUT2D eigenvalue weighted by Gasteiger charge is -2.09. The summed E-state index contributed by atoms with van der Waals surface area (Å²) in [5.74, 6) is 0.889. The molecule has 0 amide bonds. The second kappa shape index (κ2) is 9.35. The molecule has 0 aliphatic carbocycles. The molecule has 3 rings (SSSR count). The second-order valence-corrected chi connectivity index (χ2v) is 7.57. The Balaban J connectivity index is 1.80. The number of hydrogen-bond donors (Lipinski definition) is 1. The van der Waals surface area contributed by atoms with Crippen LogP contribution in [0.15, 0.2) is 53.8 Å². The van der Waals surface area contributed by atoms with E-state index < -0.39 is 4.92 Å². The first kappa shape index (κ1) is 20.6. The normalized spacial score (nSPS) is 11.2. The van der Waals surface area contributed by atoms with Crippen molar-refractivity contribution < 1.29 is 14.5 Å². The van der Waals surface area contributed by atoms with Crippen molar-refractivity contribution in [1.82, 2.24) is 4.98 Å². The van der Waals surface area contributed by atoms with Gasteiger partial charge in [0.15, 0.2) is 10.2 Å². The zero-order valence-corrected chi connectivity index (χ0v) is 17.2. The number of benzene rings is 2. The van der Waals surface area contributed by atoms with Crippen molar-refractivity contribution in [3.8, 4) is 11.5 Å². The Morgan fingerprint density at radius 2 is 2.14 bits per heavy atom. The van der Waals surface area contributed by atoms with Gasteiger partial charge in [0.05, 0.1) is 30.4 Å². The van der Waals surface area contributed by atoms with E-state index in [2.05, 4.69) is 15.5 Å². The van der Waals surface area contributed by atoms with Gasteiger partial charge in [0.2, 0.25) is 0 Å². The fourth-order valence-electron chi connectivity index (χ4n) is 2.51. The molecule has 0 fully saturated rings. The number of nitro groups is 1. The number of oxime groups is 1. The summed E-state index contributed by atoms with van der Waals surface area (Å²) >= 11 is 7.15. The fourth-order valence-corrected chi connectivity index (χ4v) is 3.43. The Kier molecular flexibility index (Phi) is 6.63. The monoisotopic (exact) mass is 432 g/mol. The Bertz CT molecular complexity index is 1050. The summed E-state index contributed by atoms with van der Waals surface area (Å²) in [6.45, 7) is 2.19. The molecule has 10 heteroatoms. The minimum Gasteiger partial charge on any atom is -0.496 e. The van der Waals surface area contributed by atoms with E-state index in [9.17, 15) is 10.1 Å². The molecular formula is C19H17ClN4O4S. The number of thiazole rings is 1. The maximum Gasteiger partial charge on any atom is 0.275 e. The summed E-state index contributed by atoms with van der Waals surface area (Å²) in [5, 5.41) is 18.5. The quantitative estimate of drug-likeness (QED) is 0.301. The molecule has 0 aliphatic heterocycles. The van der Waals surface area contributed by atoms with E-state index >= 15 is 0 Å². The molecule has 1 heterocycles. The van der Waals surface area contributed by atoms with Crippen molar-refractivity contribution in [2.75, 3.05) is 12.4 Å². The van der Waals surface area contributed by atoms with Crippen LogP contribution in [-0.2, 0) is 6.54 Å². The number of nitrogens with one attached hydrogen (secondary N) is 1. The fraction of sp³-hybridized carbons (Fsp3) is 0.158. The van der Waals surface area contributed by atoms with Crippen molar-refractivity contribution in [2.45, 2.75) is 13.5 Å². The third kappa shape index (κ3) is 5.43. The molecule has 8 nitrogen and oxygen atoms in total. The molecule has 150 valence electrons. The lowest BCUT2D eigenvalue weighted by Crippen LogP contribution is -2.02. The summed E-state index contributed by atoms with van der Waals surface area (Å²) in [5.41, 5.74) is 1.74. The highest BCUT2D eigenvalue weighted by molar-refractivity contribution is 7.15. The molecule has 0 bridgehead atoms. The van der Waals surface area contributed by atoms with Gasteiger partial charge in [0.1, 0.15) is 5.75 Å². The number of ether oxygens (including phenoxy) is 1. The average Bonchev–Trinajstić information content (AvgIpc) is 3.15. The van der Waals surface area contributed by atoms with E-state index in [4.69, 9.17) is 21.2 Å². The summed E-state index contributed by atoms with van der Waals surface area (Å²) in [4.78, 5) is 21.1. The minimum atomic E-state index is -0.488. The molecule has 0 saturated carbocycles. The highest BCUT2D eigenvalue weighted by Crippen LogP contribution is 2.28. The SMILES string of the molecule is COc1ccccc1C(C)=NOc1cc(NCc2cnc(Cl)s2)cc([N+](=O)[O-])c1. The van der Waals surface area contributed by atoms with E-state index in [-0.39, 0.29) is 11.4 Å². The van der Waals surface area contributed by atoms with Crippen LogP contribution >= 0.6 is 22.9 Å². The number of para-hydroxylation sites is 1. The van der Waals surface area contributed by atoms with Crippen molar-refractivity contribution in [3.63, 3.8) is 0 Å². The van der Waals surface area contributed by atoms with Gasteiger partial charge in [-0.2, -0.15) is 0 Å². The molecule has 0 unspecified atom stereocenters. The number of anilines is 1. The highest BCUT2D eigenvalue weighted by atomic mass is 35.5. The second-order valence-electron chi connectivity index (χ2n) is 5.87. The van der Waals surface area contributed by atoms with E-state index in [1.807, 2.05) is 24.3 Å². The molecule has 0 saturated heterocycles. The van der Waals surface area contributed by atoms with Crippen molar-refractivity contribution in [1.29, 1.82) is 0 Å². The van der Waals surface area contributed by atoms with Gasteiger partial charge in [-0.25, -0.2) is 4.98 Å². The highest BCUT2D eigenvalue weighted by Gasteiger charge is 2.12. The molecule has 1 aromatic heterocycles. The zero-order chi connectivity index (χ0) is 20.8. The van der Waals surface area contributed by atoms with E-state index in [1.165, 1.54) is 23.5 Å². The van der Waals surface area contributed by atoms with Gasteiger partial charge >= 0.3 is 0 Å². The van der Waals surface area contributed by atoms with Gasteiger partial charge in [-0.05, 0) is 19.1 Å². The molecular weight excluding hydrogens is 416 g/mol. The van der Waals surface area contributed by atoms with E-state index in [0.717, 1.165) is 10.4 Å². The van der Waals surface area contributed by atoms with Crippen LogP contribution in [0.2, 0.25) is 4.47 Å². The predicted molar refractivity (Wildman–Crippen MR) is 113 cm³/mol. The Morgan fingerprint density at radius 1 is 1.34 bits per heavy atom. The number of nitrogens with zero attached hydrogens (tertiary/aromatic N) is 3. The first-order valence-electron chi connectivity index (χ1n) is 8.45. The average molecular weight is 433 g/mol. The number of hydrogen-bond acceptors (Lipinski definition) is 8. The maximum absolute atomic E-state index is 11.3. The van der Waals surface area contributed by atoms with Crippen LogP contribution in [0.1, 0.15) is 17.4 Å². The molecule has 0 aliphatic rings. The van der Waals surface area contributed by atoms with Crippen molar-refractivity contribution in [2.24, 2.45) is 5.16 Å². The molecule has 0 radical (unpaired) electrons. The van der Waals surface area contributed by atoms with Crippen LogP contribution in [0.25, 0.3) is 0 Å². The molecule has 0 spiro atoms. The third-order valence-electron chi connectivity index (χ3n) is 3.88. The van der Waals surface area contributed by atoms with Gasteiger partial charge in [0.25, 0.3) is 5.69 Å². The first-order chi connectivity index (χ1) is 14.0. The minimum absolute atomic E-state index is 0.113. The first-order valence-corrected chi connectivity index (χ1v) is 9.64. The van der Waals surface area contributed by atoms with Crippen LogP contribution in [-0.4, -0.2) is 22.7 Å². The van der Waals surface area contributed by atoms with Gasteiger partial charge in [-0.15, -0.1) is 11.3 Å². The standard InChI is InChI=1S/C19H17ClN4O4S/c1-12(17-5-3-4-6-18(17)27-2)23-28-15-8-13(7-14(9-15)24(25)26)21-10-16-11-22-19(20)29-16/h3-9,11,21H,10H2,1-2H3. The van der Waals surface area contributed by atoms with Gasteiger partial charge in [0, 0.05) is 34.5 Å². The van der Waals surface area contributed by atoms with E-state index in [1.54, 1.807) is 26.3 Å². The lowest BCUT2D eigenvalue weighted by atomic mass is 10.1. The summed E-state index contributed by atoms with van der Waals surface area (Å²) in [6, 6.07) is 11.7. The number of rotatable bonds is 8. The number of non-ortho nitro benzene ring substituents is 1.